The van der Waals surface area contributed by atoms with E-state index in [0.717, 1.165) is 12.3 Å². The number of pyridine rings is 1. The van der Waals surface area contributed by atoms with E-state index in [9.17, 15) is 22.0 Å². The molecule has 96 valence electrons. The van der Waals surface area contributed by atoms with Crippen molar-refractivity contribution in [1.29, 1.82) is 0 Å². The van der Waals surface area contributed by atoms with E-state index in [4.69, 9.17) is 0 Å². The van der Waals surface area contributed by atoms with E-state index in [-0.39, 0.29) is 12.4 Å². The molecule has 1 N–H and O–H groups in total. The molecule has 0 aliphatic rings. The van der Waals surface area contributed by atoms with Crippen molar-refractivity contribution in [2.75, 3.05) is 0 Å². The van der Waals surface area contributed by atoms with Crippen molar-refractivity contribution in [3.63, 3.8) is 0 Å². The molecule has 1 unspecified atom stereocenters. The third kappa shape index (κ3) is 4.94. The van der Waals surface area contributed by atoms with Crippen LogP contribution < -0.4 is 10.1 Å². The minimum absolute atomic E-state index is 0.187. The molecule has 1 heterocycles. The second-order valence-electron chi connectivity index (χ2n) is 3.00. The third-order valence-electron chi connectivity index (χ3n) is 1.73. The zero-order valence-corrected chi connectivity index (χ0v) is 8.42. The lowest BCUT2D eigenvalue weighted by molar-refractivity contribution is -0.0528. The number of halogens is 5. The Morgan fingerprint density at radius 3 is 2.35 bits per heavy atom. The molecule has 0 fully saturated rings. The first kappa shape index (κ1) is 13.6. The van der Waals surface area contributed by atoms with Crippen LogP contribution in [0.5, 0.6) is 5.88 Å². The highest BCUT2D eigenvalue weighted by Gasteiger charge is 2.17. The highest BCUT2D eigenvalue weighted by Crippen LogP contribution is 2.11. The molecule has 0 aliphatic carbocycles. The van der Waals surface area contributed by atoms with Crippen molar-refractivity contribution in [2.45, 2.75) is 25.9 Å². The lowest BCUT2D eigenvalue weighted by atomic mass is 10.3. The fraction of sp³-hybridized carbons (Fsp3) is 0.444. The maximum Gasteiger partial charge on any atom is 0.388 e. The van der Waals surface area contributed by atoms with E-state index in [1.54, 1.807) is 0 Å². The summed E-state index contributed by atoms with van der Waals surface area (Å²) in [4.78, 5) is 3.49. The molecule has 3 nitrogen and oxygen atoms in total. The monoisotopic (exact) mass is 256 g/mol. The van der Waals surface area contributed by atoms with Gasteiger partial charge in [0, 0.05) is 18.8 Å². The van der Waals surface area contributed by atoms with Crippen LogP contribution in [-0.4, -0.2) is 24.3 Å². The van der Waals surface area contributed by atoms with Gasteiger partial charge in [-0.2, -0.15) is 8.78 Å². The summed E-state index contributed by atoms with van der Waals surface area (Å²) < 4.78 is 63.5. The van der Waals surface area contributed by atoms with Crippen molar-refractivity contribution >= 4 is 0 Å². The molecule has 0 amide bonds. The summed E-state index contributed by atoms with van der Waals surface area (Å²) >= 11 is 0. The lowest BCUT2D eigenvalue weighted by Gasteiger charge is -2.09. The quantitative estimate of drug-likeness (QED) is 0.626. The van der Waals surface area contributed by atoms with Crippen LogP contribution in [0.15, 0.2) is 18.3 Å². The van der Waals surface area contributed by atoms with Crippen LogP contribution in [-0.2, 0) is 6.54 Å². The summed E-state index contributed by atoms with van der Waals surface area (Å²) in [7, 11) is 0. The van der Waals surface area contributed by atoms with Crippen LogP contribution in [0.2, 0.25) is 0 Å². The van der Waals surface area contributed by atoms with Gasteiger partial charge >= 0.3 is 6.61 Å². The molecule has 0 spiro atoms. The maximum absolute atomic E-state index is 12.5. The van der Waals surface area contributed by atoms with Crippen LogP contribution in [0.1, 0.15) is 5.56 Å². The number of rotatable bonds is 6. The highest BCUT2D eigenvalue weighted by molar-refractivity contribution is 5.17. The Balaban J connectivity index is 2.45. The van der Waals surface area contributed by atoms with Gasteiger partial charge in [0.15, 0.2) is 0 Å². The molecule has 8 heteroatoms. The Morgan fingerprint density at radius 2 is 1.88 bits per heavy atom. The molecule has 0 bridgehead atoms. The van der Waals surface area contributed by atoms with Gasteiger partial charge in [-0.25, -0.2) is 18.2 Å². The summed E-state index contributed by atoms with van der Waals surface area (Å²) in [6, 6.07) is 2.45. The summed E-state index contributed by atoms with van der Waals surface area (Å²) in [6.45, 7) is -3.17. The molecule has 1 aromatic rings. The van der Waals surface area contributed by atoms with Gasteiger partial charge < -0.3 is 4.74 Å². The Hall–Kier alpha value is -1.44. The first-order valence-electron chi connectivity index (χ1n) is 4.54. The third-order valence-corrected chi connectivity index (χ3v) is 1.73. The normalized spacial score (nSPS) is 13.1. The Labute approximate surface area is 93.6 Å². The van der Waals surface area contributed by atoms with Gasteiger partial charge in [-0.15, -0.1) is 0 Å². The summed E-state index contributed by atoms with van der Waals surface area (Å²) in [5.41, 5.74) is 0.370. The van der Waals surface area contributed by atoms with Crippen molar-refractivity contribution in [1.82, 2.24) is 10.3 Å². The Morgan fingerprint density at radius 1 is 1.18 bits per heavy atom. The van der Waals surface area contributed by atoms with Crippen LogP contribution >= 0.6 is 0 Å². The Kier molecular flexibility index (Phi) is 5.08. The minimum Gasteiger partial charge on any atom is -0.417 e. The fourth-order valence-corrected chi connectivity index (χ4v) is 0.981. The fourth-order valence-electron chi connectivity index (χ4n) is 0.981. The van der Waals surface area contributed by atoms with Crippen molar-refractivity contribution in [2.24, 2.45) is 0 Å². The van der Waals surface area contributed by atoms with Gasteiger partial charge in [0.1, 0.15) is 0 Å². The van der Waals surface area contributed by atoms with E-state index in [1.807, 2.05) is 5.32 Å². The number of hydrogen-bond acceptors (Lipinski definition) is 3. The van der Waals surface area contributed by atoms with Crippen LogP contribution in [0.25, 0.3) is 0 Å². The standard InChI is InChI=1S/C9H9F5N2O/c10-7(11)8(12)16-4-5-1-2-6(15-3-5)17-9(13)14/h1-3,7-9,16H,4H2. The summed E-state index contributed by atoms with van der Waals surface area (Å²) in [5.74, 6) is -0.297. The average molecular weight is 256 g/mol. The molecule has 0 radical (unpaired) electrons. The SMILES string of the molecule is FC(F)Oc1ccc(CNC(F)C(F)F)cn1. The van der Waals surface area contributed by atoms with Crippen molar-refractivity contribution in [3.8, 4) is 5.88 Å². The van der Waals surface area contributed by atoms with Gasteiger partial charge in [-0.05, 0) is 5.56 Å². The van der Waals surface area contributed by atoms with Crippen LogP contribution in [0.4, 0.5) is 22.0 Å². The van der Waals surface area contributed by atoms with Gasteiger partial charge in [0.2, 0.25) is 12.2 Å². The average Bonchev–Trinajstić information content (AvgIpc) is 2.26. The molecule has 17 heavy (non-hydrogen) atoms. The zero-order valence-electron chi connectivity index (χ0n) is 8.42. The van der Waals surface area contributed by atoms with Crippen molar-refractivity contribution < 1.29 is 26.7 Å². The maximum atomic E-state index is 12.5. The lowest BCUT2D eigenvalue weighted by Crippen LogP contribution is -2.30. The second-order valence-corrected chi connectivity index (χ2v) is 3.00. The molecular formula is C9H9F5N2O. The van der Waals surface area contributed by atoms with Crippen molar-refractivity contribution in [3.05, 3.63) is 23.9 Å². The van der Waals surface area contributed by atoms with E-state index in [1.165, 1.54) is 6.07 Å². The van der Waals surface area contributed by atoms with E-state index in [0.29, 0.717) is 5.56 Å². The van der Waals surface area contributed by atoms with Gasteiger partial charge in [-0.1, -0.05) is 6.07 Å². The first-order chi connectivity index (χ1) is 7.99. The number of alkyl halides is 5. The number of nitrogens with one attached hydrogen (secondary N) is 1. The van der Waals surface area contributed by atoms with E-state index in [2.05, 4.69) is 9.72 Å². The largest absolute Gasteiger partial charge is 0.417 e. The van der Waals surface area contributed by atoms with E-state index < -0.39 is 19.3 Å². The highest BCUT2D eigenvalue weighted by atomic mass is 19.3. The number of ether oxygens (including phenoxy) is 1. The smallest absolute Gasteiger partial charge is 0.388 e. The van der Waals surface area contributed by atoms with E-state index >= 15 is 0 Å². The predicted octanol–water partition coefficient (Wildman–Crippen LogP) is 2.33. The van der Waals surface area contributed by atoms with Gasteiger partial charge in [0.05, 0.1) is 0 Å². The first-order valence-corrected chi connectivity index (χ1v) is 4.54. The zero-order chi connectivity index (χ0) is 12.8. The number of nitrogens with zero attached hydrogens (tertiary/aromatic N) is 1. The van der Waals surface area contributed by atoms with Gasteiger partial charge in [-0.3, -0.25) is 5.32 Å². The minimum atomic E-state index is -3.12. The molecular weight excluding hydrogens is 247 g/mol. The number of aromatic nitrogens is 1. The Bertz CT molecular complexity index is 333. The molecule has 0 aliphatic heterocycles. The second kappa shape index (κ2) is 6.33. The van der Waals surface area contributed by atoms with Crippen LogP contribution in [0.3, 0.4) is 0 Å². The molecule has 1 rings (SSSR count). The molecule has 0 saturated heterocycles. The topological polar surface area (TPSA) is 34.1 Å². The molecule has 0 saturated carbocycles. The van der Waals surface area contributed by atoms with Gasteiger partial charge in [0.25, 0.3) is 6.43 Å². The molecule has 0 aromatic carbocycles. The summed E-state index contributed by atoms with van der Waals surface area (Å²) in [6.07, 6.45) is -4.43. The molecule has 1 atom stereocenters. The summed E-state index contributed by atoms with van der Waals surface area (Å²) in [5, 5.41) is 1.91. The van der Waals surface area contributed by atoms with Crippen LogP contribution in [0, 0.1) is 0 Å². The number of hydrogen-bond donors (Lipinski definition) is 1. The molecule has 1 aromatic heterocycles. The predicted molar refractivity (Wildman–Crippen MR) is 48.6 cm³/mol.